The van der Waals surface area contributed by atoms with E-state index in [-0.39, 0.29) is 11.3 Å². The van der Waals surface area contributed by atoms with Gasteiger partial charge in [-0.25, -0.2) is 5.48 Å². The fourth-order valence-corrected chi connectivity index (χ4v) is 3.94. The Labute approximate surface area is 192 Å². The van der Waals surface area contributed by atoms with E-state index in [0.717, 1.165) is 50.0 Å². The average Bonchev–Trinajstić information content (AvgIpc) is 2.75. The predicted molar refractivity (Wildman–Crippen MR) is 131 cm³/mol. The number of rotatable bonds is 14. The zero-order valence-electron chi connectivity index (χ0n) is 20.0. The summed E-state index contributed by atoms with van der Waals surface area (Å²) in [7, 11) is 4.20. The maximum absolute atomic E-state index is 11.2. The van der Waals surface area contributed by atoms with Gasteiger partial charge in [0.2, 0.25) is 5.91 Å². The van der Waals surface area contributed by atoms with Crippen LogP contribution >= 0.6 is 0 Å². The summed E-state index contributed by atoms with van der Waals surface area (Å²) >= 11 is 0. The van der Waals surface area contributed by atoms with Gasteiger partial charge in [-0.05, 0) is 55.8 Å². The molecule has 2 aromatic rings. The van der Waals surface area contributed by atoms with Gasteiger partial charge in [-0.2, -0.15) is 0 Å². The van der Waals surface area contributed by atoms with Crippen molar-refractivity contribution in [1.82, 2.24) is 15.7 Å². The van der Waals surface area contributed by atoms with Crippen molar-refractivity contribution in [1.29, 1.82) is 0 Å². The smallest absolute Gasteiger partial charge is 0.243 e. The second-order valence-electron chi connectivity index (χ2n) is 9.41. The molecule has 3 N–H and O–H groups in total. The summed E-state index contributed by atoms with van der Waals surface area (Å²) in [5.74, 6) is 0.555. The average molecular weight is 442 g/mol. The molecule has 0 radical (unpaired) electrons. The van der Waals surface area contributed by atoms with Gasteiger partial charge in [-0.1, -0.05) is 56.3 Å². The number of hydrogen-bond donors (Lipinski definition) is 3. The van der Waals surface area contributed by atoms with Gasteiger partial charge in [-0.3, -0.25) is 10.0 Å². The van der Waals surface area contributed by atoms with E-state index in [1.54, 1.807) is 5.48 Å². The first-order chi connectivity index (χ1) is 15.3. The van der Waals surface area contributed by atoms with Crippen molar-refractivity contribution >= 4 is 16.7 Å². The molecule has 0 saturated carbocycles. The van der Waals surface area contributed by atoms with Crippen molar-refractivity contribution in [2.24, 2.45) is 5.41 Å². The highest BCUT2D eigenvalue weighted by Crippen LogP contribution is 2.25. The molecule has 176 valence electrons. The van der Waals surface area contributed by atoms with E-state index in [0.29, 0.717) is 13.0 Å². The van der Waals surface area contributed by atoms with Crippen molar-refractivity contribution < 1.29 is 14.7 Å². The maximum atomic E-state index is 11.2. The summed E-state index contributed by atoms with van der Waals surface area (Å²) in [6.45, 7) is 7.74. The molecule has 6 heteroatoms. The molecule has 1 amide bonds. The van der Waals surface area contributed by atoms with Crippen molar-refractivity contribution in [2.45, 2.75) is 39.5 Å². The monoisotopic (exact) mass is 441 g/mol. The zero-order chi connectivity index (χ0) is 23.4. The molecular formula is C26H39N3O3. The van der Waals surface area contributed by atoms with Crippen LogP contribution in [-0.4, -0.2) is 56.4 Å². The number of allylic oxidation sites excluding steroid dienone is 1. The topological polar surface area (TPSA) is 73.8 Å². The lowest BCUT2D eigenvalue weighted by molar-refractivity contribution is -0.129. The van der Waals surface area contributed by atoms with Crippen LogP contribution in [0, 0.1) is 5.41 Å². The normalized spacial score (nSPS) is 12.4. The van der Waals surface area contributed by atoms with Gasteiger partial charge < -0.3 is 15.0 Å². The van der Waals surface area contributed by atoms with E-state index in [2.05, 4.69) is 62.4 Å². The number of nitrogens with one attached hydrogen (secondary N) is 2. The second-order valence-corrected chi connectivity index (χ2v) is 9.41. The van der Waals surface area contributed by atoms with Crippen LogP contribution in [0.3, 0.4) is 0 Å². The van der Waals surface area contributed by atoms with Gasteiger partial charge in [0.15, 0.2) is 0 Å². The van der Waals surface area contributed by atoms with E-state index in [9.17, 15) is 4.79 Å². The van der Waals surface area contributed by atoms with Crippen molar-refractivity contribution in [3.05, 3.63) is 54.1 Å². The molecule has 2 aromatic carbocycles. The van der Waals surface area contributed by atoms with Crippen LogP contribution < -0.4 is 15.5 Å². The Morgan fingerprint density at radius 3 is 2.62 bits per heavy atom. The lowest BCUT2D eigenvalue weighted by atomic mass is 9.93. The minimum absolute atomic E-state index is 0.169. The number of amides is 1. The van der Waals surface area contributed by atoms with Gasteiger partial charge in [0, 0.05) is 31.4 Å². The minimum Gasteiger partial charge on any atom is -0.489 e. The molecule has 0 saturated heterocycles. The van der Waals surface area contributed by atoms with Crippen LogP contribution in [0.25, 0.3) is 10.8 Å². The Balaban J connectivity index is 1.97. The fourth-order valence-electron chi connectivity index (χ4n) is 3.94. The summed E-state index contributed by atoms with van der Waals surface area (Å²) in [6, 6.07) is 14.4. The third kappa shape index (κ3) is 9.39. The lowest BCUT2D eigenvalue weighted by Gasteiger charge is -2.28. The van der Waals surface area contributed by atoms with Gasteiger partial charge in [0.25, 0.3) is 0 Å². The minimum atomic E-state index is -0.335. The summed E-state index contributed by atoms with van der Waals surface area (Å²) in [4.78, 5) is 13.4. The van der Waals surface area contributed by atoms with Gasteiger partial charge in [0.1, 0.15) is 12.4 Å². The Hall–Kier alpha value is -2.41. The first-order valence-electron chi connectivity index (χ1n) is 11.4. The van der Waals surface area contributed by atoms with Crippen molar-refractivity contribution in [2.75, 3.05) is 40.3 Å². The molecular weight excluding hydrogens is 402 g/mol. The summed E-state index contributed by atoms with van der Waals surface area (Å²) < 4.78 is 6.23. The number of hydrogen-bond acceptors (Lipinski definition) is 5. The number of fused-ring (bicyclic) bond motifs is 1. The molecule has 0 atom stereocenters. The quantitative estimate of drug-likeness (QED) is 0.176. The summed E-state index contributed by atoms with van der Waals surface area (Å²) in [6.07, 6.45) is 5.05. The first-order valence-corrected chi connectivity index (χ1v) is 11.4. The number of benzene rings is 2. The second kappa shape index (κ2) is 13.2. The highest BCUT2D eigenvalue weighted by molar-refractivity contribution is 5.88. The fraction of sp³-hybridized carbons (Fsp3) is 0.500. The highest BCUT2D eigenvalue weighted by atomic mass is 16.5. The number of carbonyl (C=O) groups excluding carboxylic acids is 1. The third-order valence-electron chi connectivity index (χ3n) is 5.28. The van der Waals surface area contributed by atoms with E-state index >= 15 is 0 Å². The summed E-state index contributed by atoms with van der Waals surface area (Å²) in [5, 5.41) is 14.5. The molecule has 0 aliphatic carbocycles. The Morgan fingerprint density at radius 2 is 1.88 bits per heavy atom. The molecule has 6 nitrogen and oxygen atoms in total. The van der Waals surface area contributed by atoms with E-state index in [1.165, 1.54) is 11.0 Å². The Kier molecular flexibility index (Phi) is 10.7. The standard InChI is InChI=1S/C26H39N3O3/c1-26(2,20-29(3)4)19-27-17-21(11-6-5-7-16-25(30)28-31)18-32-24-15-10-13-22-12-8-9-14-23(22)24/h8-15,27,31H,5-7,16-20H2,1-4H3,(H,28,30). The van der Waals surface area contributed by atoms with Gasteiger partial charge in [-0.15, -0.1) is 0 Å². The van der Waals surface area contributed by atoms with Crippen molar-refractivity contribution in [3.8, 4) is 5.75 Å². The van der Waals surface area contributed by atoms with E-state index in [1.807, 2.05) is 24.3 Å². The molecule has 2 rings (SSSR count). The van der Waals surface area contributed by atoms with Crippen LogP contribution in [0.15, 0.2) is 54.1 Å². The third-order valence-corrected chi connectivity index (χ3v) is 5.28. The van der Waals surface area contributed by atoms with E-state index < -0.39 is 0 Å². The number of ether oxygens (including phenoxy) is 1. The molecule has 0 heterocycles. The molecule has 0 spiro atoms. The van der Waals surface area contributed by atoms with Gasteiger partial charge in [0.05, 0.1) is 0 Å². The van der Waals surface area contributed by atoms with Crippen molar-refractivity contribution in [3.63, 3.8) is 0 Å². The molecule has 0 aromatic heterocycles. The van der Waals surface area contributed by atoms with Crippen LogP contribution in [0.4, 0.5) is 0 Å². The molecule has 0 unspecified atom stereocenters. The largest absolute Gasteiger partial charge is 0.489 e. The maximum Gasteiger partial charge on any atom is 0.243 e. The Morgan fingerprint density at radius 1 is 1.12 bits per heavy atom. The van der Waals surface area contributed by atoms with E-state index in [4.69, 9.17) is 9.94 Å². The van der Waals surface area contributed by atoms with Crippen LogP contribution in [0.2, 0.25) is 0 Å². The number of hydroxylamine groups is 1. The lowest BCUT2D eigenvalue weighted by Crippen LogP contribution is -2.38. The first kappa shape index (κ1) is 25.8. The molecule has 0 fully saturated rings. The molecule has 0 aliphatic heterocycles. The molecule has 0 bridgehead atoms. The predicted octanol–water partition coefficient (Wildman–Crippen LogP) is 4.39. The Bertz CT molecular complexity index is 872. The molecule has 0 aliphatic rings. The van der Waals surface area contributed by atoms with Gasteiger partial charge >= 0.3 is 0 Å². The number of unbranched alkanes of at least 4 members (excludes halogenated alkanes) is 2. The van der Waals surface area contributed by atoms with Crippen LogP contribution in [0.5, 0.6) is 5.75 Å². The number of carbonyl (C=O) groups is 1. The highest BCUT2D eigenvalue weighted by Gasteiger charge is 2.18. The zero-order valence-corrected chi connectivity index (χ0v) is 20.0. The van der Waals surface area contributed by atoms with Crippen LogP contribution in [-0.2, 0) is 4.79 Å². The van der Waals surface area contributed by atoms with Crippen LogP contribution in [0.1, 0.15) is 39.5 Å². The number of nitrogens with zero attached hydrogens (tertiary/aromatic N) is 1. The summed E-state index contributed by atoms with van der Waals surface area (Å²) in [5.41, 5.74) is 3.05. The SMILES string of the molecule is CN(C)CC(C)(C)CNCC(=CCCCCC(=O)NO)COc1cccc2ccccc12. The molecule has 32 heavy (non-hydrogen) atoms.